The van der Waals surface area contributed by atoms with Crippen LogP contribution < -0.4 is 4.72 Å². The smallest absolute Gasteiger partial charge is 0.244 e. The number of nitriles is 1. The van der Waals surface area contributed by atoms with Crippen LogP contribution in [0.2, 0.25) is 0 Å². The highest BCUT2D eigenvalue weighted by molar-refractivity contribution is 7.89. The molecular weight excluding hydrogens is 412 g/mol. The molecule has 1 N–H and O–H groups in total. The van der Waals surface area contributed by atoms with Crippen LogP contribution in [-0.4, -0.2) is 42.3 Å². The Morgan fingerprint density at radius 3 is 2.37 bits per heavy atom. The first-order valence-corrected chi connectivity index (χ1v) is 10.7. The Balaban J connectivity index is 2.13. The first-order chi connectivity index (χ1) is 14.2. The Morgan fingerprint density at radius 2 is 1.83 bits per heavy atom. The number of benzene rings is 1. The fraction of sp³-hybridized carbons (Fsp3) is 0.350. The minimum Gasteiger partial charge on any atom is -0.334 e. The zero-order valence-electron chi connectivity index (χ0n) is 16.7. The largest absolute Gasteiger partial charge is 0.334 e. The third-order valence-corrected chi connectivity index (χ3v) is 6.11. The molecule has 7 nitrogen and oxygen atoms in total. The molecule has 0 bridgehead atoms. The van der Waals surface area contributed by atoms with Gasteiger partial charge in [-0.3, -0.25) is 0 Å². The van der Waals surface area contributed by atoms with Crippen LogP contribution in [0.1, 0.15) is 31.0 Å². The van der Waals surface area contributed by atoms with Gasteiger partial charge in [0.15, 0.2) is 5.82 Å². The number of aryl methyl sites for hydroxylation is 1. The van der Waals surface area contributed by atoms with E-state index in [-0.39, 0.29) is 16.8 Å². The zero-order valence-corrected chi connectivity index (χ0v) is 17.5. The van der Waals surface area contributed by atoms with Gasteiger partial charge in [-0.15, -0.1) is 0 Å². The molecule has 0 atom stereocenters. The van der Waals surface area contributed by atoms with Crippen LogP contribution in [0, 0.1) is 18.3 Å². The number of hydrogen-bond donors (Lipinski definition) is 1. The summed E-state index contributed by atoms with van der Waals surface area (Å²) in [6.07, 6.45) is 2.12. The van der Waals surface area contributed by atoms with E-state index in [9.17, 15) is 22.5 Å². The summed E-state index contributed by atoms with van der Waals surface area (Å²) in [4.78, 5) is 7.99. The second-order valence-electron chi connectivity index (χ2n) is 7.19. The van der Waals surface area contributed by atoms with E-state index in [0.717, 1.165) is 28.9 Å². The summed E-state index contributed by atoms with van der Waals surface area (Å²) < 4.78 is 53.9. The highest BCUT2D eigenvalue weighted by Crippen LogP contribution is 2.35. The molecule has 0 spiro atoms. The molecule has 0 radical (unpaired) electrons. The van der Waals surface area contributed by atoms with Crippen LogP contribution in [0.4, 0.5) is 8.78 Å². The summed E-state index contributed by atoms with van der Waals surface area (Å²) in [5.41, 5.74) is 2.76. The summed E-state index contributed by atoms with van der Waals surface area (Å²) in [6, 6.07) is 6.46. The van der Waals surface area contributed by atoms with Crippen molar-refractivity contribution in [1.82, 2.24) is 19.3 Å². The number of nitrogens with zero attached hydrogens (tertiary/aromatic N) is 4. The molecule has 0 saturated carbocycles. The van der Waals surface area contributed by atoms with Gasteiger partial charge in [0.05, 0.1) is 29.5 Å². The van der Waals surface area contributed by atoms with E-state index in [0.29, 0.717) is 11.3 Å². The van der Waals surface area contributed by atoms with Crippen molar-refractivity contribution in [2.45, 2.75) is 37.8 Å². The third kappa shape index (κ3) is 3.91. The van der Waals surface area contributed by atoms with Crippen molar-refractivity contribution < 1.29 is 17.2 Å². The van der Waals surface area contributed by atoms with E-state index in [1.54, 1.807) is 0 Å². The molecule has 2 aromatic heterocycles. The van der Waals surface area contributed by atoms with Gasteiger partial charge < -0.3 is 4.57 Å². The first-order valence-electron chi connectivity index (χ1n) is 9.24. The summed E-state index contributed by atoms with van der Waals surface area (Å²) in [7, 11) is -4.18. The van der Waals surface area contributed by atoms with Gasteiger partial charge in [0.1, 0.15) is 30.0 Å². The third-order valence-electron chi connectivity index (χ3n) is 4.63. The zero-order chi connectivity index (χ0) is 22.1. The molecule has 0 aliphatic carbocycles. The van der Waals surface area contributed by atoms with Crippen molar-refractivity contribution >= 4 is 20.9 Å². The molecule has 158 valence electrons. The van der Waals surface area contributed by atoms with Crippen molar-refractivity contribution in [3.05, 3.63) is 41.7 Å². The lowest BCUT2D eigenvalue weighted by molar-refractivity contribution is 0.334. The summed E-state index contributed by atoms with van der Waals surface area (Å²) >= 11 is 0. The fourth-order valence-corrected chi connectivity index (χ4v) is 4.34. The maximum absolute atomic E-state index is 12.7. The van der Waals surface area contributed by atoms with Crippen molar-refractivity contribution in [2.24, 2.45) is 0 Å². The number of sulfonamides is 1. The molecule has 0 aliphatic rings. The quantitative estimate of drug-likeness (QED) is 0.615. The Kier molecular flexibility index (Phi) is 6.14. The van der Waals surface area contributed by atoms with E-state index in [1.807, 2.05) is 48.3 Å². The Labute approximate surface area is 173 Å². The van der Waals surface area contributed by atoms with Gasteiger partial charge in [0.25, 0.3) is 0 Å². The molecule has 1 aromatic carbocycles. The van der Waals surface area contributed by atoms with Crippen molar-refractivity contribution in [2.75, 3.05) is 13.3 Å². The number of rotatable bonds is 7. The van der Waals surface area contributed by atoms with E-state index >= 15 is 0 Å². The maximum Gasteiger partial charge on any atom is 0.244 e. The van der Waals surface area contributed by atoms with Crippen LogP contribution in [0.15, 0.2) is 35.5 Å². The van der Waals surface area contributed by atoms with E-state index in [4.69, 9.17) is 0 Å². The molecule has 0 saturated heterocycles. The van der Waals surface area contributed by atoms with Gasteiger partial charge in [0.2, 0.25) is 10.0 Å². The Bertz CT molecular complexity index is 1210. The summed E-state index contributed by atoms with van der Waals surface area (Å²) in [6.45, 7) is 3.53. The number of aromatic nitrogens is 3. The maximum atomic E-state index is 12.7. The highest BCUT2D eigenvalue weighted by atomic mass is 32.2. The molecule has 30 heavy (non-hydrogen) atoms. The minimum atomic E-state index is -4.18. The SMILES string of the molecule is Cc1ccc2c(C#N)c(-c3ncc(S(=O)(=O)NC(CF)CF)cn3)n(C(C)C)c2c1. The lowest BCUT2D eigenvalue weighted by Crippen LogP contribution is -2.38. The molecule has 0 amide bonds. The fourth-order valence-electron chi connectivity index (χ4n) is 3.26. The second kappa shape index (κ2) is 8.45. The molecule has 0 aliphatic heterocycles. The summed E-state index contributed by atoms with van der Waals surface area (Å²) in [5, 5.41) is 10.5. The topological polar surface area (TPSA) is 101 Å². The van der Waals surface area contributed by atoms with E-state index in [1.165, 1.54) is 0 Å². The van der Waals surface area contributed by atoms with Crippen LogP contribution in [-0.2, 0) is 10.0 Å². The van der Waals surface area contributed by atoms with Gasteiger partial charge in [-0.05, 0) is 32.4 Å². The standard InChI is InChI=1S/C20H21F2N5O2S/c1-12(2)27-18-6-13(3)4-5-16(18)17(9-23)19(27)20-24-10-15(11-25-20)30(28,29)26-14(7-21)8-22/h4-6,10-12,14,26H,7-8H2,1-3H3. The number of alkyl halides is 2. The highest BCUT2D eigenvalue weighted by Gasteiger charge is 2.24. The Morgan fingerprint density at radius 1 is 1.20 bits per heavy atom. The van der Waals surface area contributed by atoms with Crippen molar-refractivity contribution in [3.63, 3.8) is 0 Å². The predicted octanol–water partition coefficient (Wildman–Crippen LogP) is 3.45. The van der Waals surface area contributed by atoms with Gasteiger partial charge >= 0.3 is 0 Å². The predicted molar refractivity (Wildman–Crippen MR) is 109 cm³/mol. The first kappa shape index (κ1) is 21.8. The average molecular weight is 433 g/mol. The van der Waals surface area contributed by atoms with Crippen molar-refractivity contribution in [1.29, 1.82) is 5.26 Å². The molecule has 0 fully saturated rings. The molecule has 10 heteroatoms. The van der Waals surface area contributed by atoms with Gasteiger partial charge in [-0.25, -0.2) is 31.9 Å². The molecule has 3 rings (SSSR count). The van der Waals surface area contributed by atoms with E-state index < -0.39 is 29.4 Å². The number of nitrogens with one attached hydrogen (secondary N) is 1. The number of halogens is 2. The monoisotopic (exact) mass is 433 g/mol. The average Bonchev–Trinajstić information content (AvgIpc) is 3.05. The van der Waals surface area contributed by atoms with Crippen LogP contribution in [0.5, 0.6) is 0 Å². The lowest BCUT2D eigenvalue weighted by Gasteiger charge is -2.15. The second-order valence-corrected chi connectivity index (χ2v) is 8.90. The van der Waals surface area contributed by atoms with Gasteiger partial charge in [-0.2, -0.15) is 5.26 Å². The van der Waals surface area contributed by atoms with E-state index in [2.05, 4.69) is 16.0 Å². The molecular formula is C20H21F2N5O2S. The minimum absolute atomic E-state index is 0.0186. The van der Waals surface area contributed by atoms with Gasteiger partial charge in [0, 0.05) is 11.4 Å². The molecule has 2 heterocycles. The lowest BCUT2D eigenvalue weighted by atomic mass is 10.1. The summed E-state index contributed by atoms with van der Waals surface area (Å²) in [5.74, 6) is 0.181. The van der Waals surface area contributed by atoms with Crippen molar-refractivity contribution in [3.8, 4) is 17.6 Å². The number of fused-ring (bicyclic) bond motifs is 1. The van der Waals surface area contributed by atoms with Crippen LogP contribution in [0.3, 0.4) is 0 Å². The Hall–Kier alpha value is -2.90. The normalized spacial score (nSPS) is 12.1. The molecule has 0 unspecified atom stereocenters. The number of hydrogen-bond acceptors (Lipinski definition) is 5. The van der Waals surface area contributed by atoms with Gasteiger partial charge in [-0.1, -0.05) is 12.1 Å². The molecule has 3 aromatic rings. The van der Waals surface area contributed by atoms with Crippen LogP contribution >= 0.6 is 0 Å². The van der Waals surface area contributed by atoms with Crippen LogP contribution in [0.25, 0.3) is 22.4 Å².